The third-order valence-electron chi connectivity index (χ3n) is 4.63. The van der Waals surface area contributed by atoms with E-state index >= 15 is 0 Å². The number of benzene rings is 2. The van der Waals surface area contributed by atoms with Crippen LogP contribution >= 0.6 is 0 Å². The smallest absolute Gasteiger partial charge is 0.271 e. The summed E-state index contributed by atoms with van der Waals surface area (Å²) in [6, 6.07) is 17.2. The first-order valence-electron chi connectivity index (χ1n) is 9.06. The van der Waals surface area contributed by atoms with Crippen molar-refractivity contribution < 1.29 is 9.53 Å². The Balaban J connectivity index is 1.40. The summed E-state index contributed by atoms with van der Waals surface area (Å²) in [6.07, 6.45) is 1.77. The number of ether oxygens (including phenoxy) is 1. The van der Waals surface area contributed by atoms with Crippen LogP contribution in [0.2, 0.25) is 0 Å². The van der Waals surface area contributed by atoms with E-state index in [0.717, 1.165) is 28.3 Å². The molecule has 2 heterocycles. The molecule has 0 aliphatic rings. The number of carbonyl (C=O) groups is 1. The maximum Gasteiger partial charge on any atom is 0.271 e. The van der Waals surface area contributed by atoms with Gasteiger partial charge in [0.15, 0.2) is 5.69 Å². The van der Waals surface area contributed by atoms with Crippen LogP contribution in [0.1, 0.15) is 16.3 Å². The van der Waals surface area contributed by atoms with Gasteiger partial charge in [-0.25, -0.2) is 9.67 Å². The Morgan fingerprint density at radius 1 is 1.11 bits per heavy atom. The molecular weight excluding hydrogens is 354 g/mol. The van der Waals surface area contributed by atoms with Crippen LogP contribution < -0.4 is 10.1 Å². The molecular formula is C21H21N5O2. The molecule has 0 saturated carbocycles. The van der Waals surface area contributed by atoms with Gasteiger partial charge in [-0.15, -0.1) is 0 Å². The number of fused-ring (bicyclic) bond motifs is 1. The molecule has 0 unspecified atom stereocenters. The zero-order valence-electron chi connectivity index (χ0n) is 15.8. The number of hydrogen-bond acceptors (Lipinski definition) is 4. The second-order valence-electron chi connectivity index (χ2n) is 6.40. The molecule has 0 aliphatic heterocycles. The summed E-state index contributed by atoms with van der Waals surface area (Å²) in [5.74, 6) is 1.50. The first-order chi connectivity index (χ1) is 13.7. The second kappa shape index (κ2) is 7.56. The highest BCUT2D eigenvalue weighted by Crippen LogP contribution is 2.16. The van der Waals surface area contributed by atoms with Gasteiger partial charge in [-0.1, -0.05) is 12.1 Å². The Kier molecular flexibility index (Phi) is 4.80. The lowest BCUT2D eigenvalue weighted by atomic mass is 10.3. The summed E-state index contributed by atoms with van der Waals surface area (Å²) >= 11 is 0. The summed E-state index contributed by atoms with van der Waals surface area (Å²) < 4.78 is 8.93. The fourth-order valence-corrected chi connectivity index (χ4v) is 3.17. The number of aromatic nitrogens is 4. The van der Waals surface area contributed by atoms with E-state index in [2.05, 4.69) is 20.0 Å². The summed E-state index contributed by atoms with van der Waals surface area (Å²) in [4.78, 5) is 17.0. The van der Waals surface area contributed by atoms with Crippen LogP contribution in [0.25, 0.3) is 16.7 Å². The Morgan fingerprint density at radius 3 is 2.68 bits per heavy atom. The van der Waals surface area contributed by atoms with Crippen LogP contribution in [0.5, 0.6) is 5.75 Å². The van der Waals surface area contributed by atoms with Crippen LogP contribution in [0.15, 0.2) is 60.8 Å². The van der Waals surface area contributed by atoms with Crippen molar-refractivity contribution in [2.45, 2.75) is 13.5 Å². The molecule has 4 aromatic rings. The monoisotopic (exact) mass is 375 g/mol. The lowest BCUT2D eigenvalue weighted by Crippen LogP contribution is -2.28. The van der Waals surface area contributed by atoms with Gasteiger partial charge in [0, 0.05) is 19.3 Å². The number of hydrogen-bond donors (Lipinski definition) is 1. The lowest BCUT2D eigenvalue weighted by molar-refractivity contribution is 0.0947. The lowest BCUT2D eigenvalue weighted by Gasteiger charge is -2.08. The van der Waals surface area contributed by atoms with E-state index in [1.54, 1.807) is 24.1 Å². The number of methoxy groups -OCH3 is 1. The van der Waals surface area contributed by atoms with E-state index in [-0.39, 0.29) is 5.91 Å². The van der Waals surface area contributed by atoms with Crippen LogP contribution in [0, 0.1) is 6.92 Å². The summed E-state index contributed by atoms with van der Waals surface area (Å²) in [5.41, 5.74) is 3.27. The molecule has 142 valence electrons. The molecule has 2 aromatic heterocycles. The van der Waals surface area contributed by atoms with E-state index in [1.165, 1.54) is 0 Å². The zero-order valence-corrected chi connectivity index (χ0v) is 15.8. The van der Waals surface area contributed by atoms with Crippen molar-refractivity contribution >= 4 is 16.9 Å². The number of aryl methyl sites for hydroxylation is 1. The van der Waals surface area contributed by atoms with E-state index in [4.69, 9.17) is 4.74 Å². The van der Waals surface area contributed by atoms with Crippen LogP contribution in [-0.2, 0) is 6.54 Å². The number of para-hydroxylation sites is 2. The molecule has 7 nitrogen and oxygen atoms in total. The average molecular weight is 375 g/mol. The van der Waals surface area contributed by atoms with Crippen molar-refractivity contribution in [3.63, 3.8) is 0 Å². The van der Waals surface area contributed by atoms with Crippen LogP contribution in [0.4, 0.5) is 0 Å². The fourth-order valence-electron chi connectivity index (χ4n) is 3.17. The molecule has 0 atom stereocenters. The minimum absolute atomic E-state index is 0.200. The second-order valence-corrected chi connectivity index (χ2v) is 6.40. The van der Waals surface area contributed by atoms with Gasteiger partial charge in [0.05, 0.1) is 23.8 Å². The van der Waals surface area contributed by atoms with Crippen molar-refractivity contribution in [2.24, 2.45) is 0 Å². The molecule has 4 rings (SSSR count). The van der Waals surface area contributed by atoms with Crippen molar-refractivity contribution in [2.75, 3.05) is 13.7 Å². The van der Waals surface area contributed by atoms with Crippen molar-refractivity contribution in [1.82, 2.24) is 24.6 Å². The highest BCUT2D eigenvalue weighted by atomic mass is 16.5. The molecule has 0 saturated heterocycles. The quantitative estimate of drug-likeness (QED) is 0.562. The molecule has 28 heavy (non-hydrogen) atoms. The standard InChI is InChI=1S/C21H21N5O2/c1-15-23-18-5-3-4-6-20(18)25(15)14-12-22-21(27)19-11-13-26(24-19)16-7-9-17(28-2)10-8-16/h3-11,13H,12,14H2,1-2H3,(H,22,27). The number of carbonyl (C=O) groups excluding carboxylic acids is 1. The topological polar surface area (TPSA) is 74.0 Å². The van der Waals surface area contributed by atoms with Gasteiger partial charge in [0.1, 0.15) is 11.6 Å². The first kappa shape index (κ1) is 17.8. The molecule has 7 heteroatoms. The molecule has 1 amide bonds. The number of nitrogens with zero attached hydrogens (tertiary/aromatic N) is 4. The minimum Gasteiger partial charge on any atom is -0.497 e. The Labute approximate surface area is 162 Å². The highest BCUT2D eigenvalue weighted by molar-refractivity contribution is 5.92. The van der Waals surface area contributed by atoms with Gasteiger partial charge < -0.3 is 14.6 Å². The average Bonchev–Trinajstić information content (AvgIpc) is 3.33. The van der Waals surface area contributed by atoms with Gasteiger partial charge >= 0.3 is 0 Å². The number of nitrogens with one attached hydrogen (secondary N) is 1. The molecule has 0 bridgehead atoms. The van der Waals surface area contributed by atoms with Crippen LogP contribution in [0.3, 0.4) is 0 Å². The van der Waals surface area contributed by atoms with Gasteiger partial charge in [-0.2, -0.15) is 5.10 Å². The third kappa shape index (κ3) is 3.46. The van der Waals surface area contributed by atoms with Crippen LogP contribution in [-0.4, -0.2) is 38.9 Å². The Hall–Kier alpha value is -3.61. The number of rotatable bonds is 6. The Bertz CT molecular complexity index is 1110. The summed E-state index contributed by atoms with van der Waals surface area (Å²) in [5, 5.41) is 7.29. The fraction of sp³-hybridized carbons (Fsp3) is 0.190. The van der Waals surface area contributed by atoms with E-state index in [0.29, 0.717) is 18.8 Å². The van der Waals surface area contributed by atoms with E-state index in [1.807, 2.05) is 55.5 Å². The van der Waals surface area contributed by atoms with E-state index in [9.17, 15) is 4.79 Å². The highest BCUT2D eigenvalue weighted by Gasteiger charge is 2.11. The molecule has 0 spiro atoms. The summed E-state index contributed by atoms with van der Waals surface area (Å²) in [7, 11) is 1.62. The van der Waals surface area contributed by atoms with Gasteiger partial charge in [0.2, 0.25) is 0 Å². The maximum atomic E-state index is 12.4. The molecule has 2 aromatic carbocycles. The van der Waals surface area contributed by atoms with E-state index < -0.39 is 0 Å². The van der Waals surface area contributed by atoms with Gasteiger partial charge in [-0.3, -0.25) is 4.79 Å². The number of amides is 1. The van der Waals surface area contributed by atoms with Crippen molar-refractivity contribution in [3.8, 4) is 11.4 Å². The molecule has 0 aliphatic carbocycles. The number of imidazole rings is 1. The Morgan fingerprint density at radius 2 is 1.89 bits per heavy atom. The zero-order chi connectivity index (χ0) is 19.5. The normalized spacial score (nSPS) is 10.9. The third-order valence-corrected chi connectivity index (χ3v) is 4.63. The molecule has 0 radical (unpaired) electrons. The van der Waals surface area contributed by atoms with Crippen molar-refractivity contribution in [3.05, 3.63) is 72.3 Å². The largest absolute Gasteiger partial charge is 0.497 e. The van der Waals surface area contributed by atoms with Gasteiger partial charge in [-0.05, 0) is 49.4 Å². The predicted molar refractivity (Wildman–Crippen MR) is 107 cm³/mol. The molecule has 0 fully saturated rings. The minimum atomic E-state index is -0.200. The predicted octanol–water partition coefficient (Wildman–Crippen LogP) is 2.97. The first-order valence-corrected chi connectivity index (χ1v) is 9.06. The van der Waals surface area contributed by atoms with Crippen molar-refractivity contribution in [1.29, 1.82) is 0 Å². The SMILES string of the molecule is COc1ccc(-n2ccc(C(=O)NCCn3c(C)nc4ccccc43)n2)cc1. The molecule has 1 N–H and O–H groups in total. The maximum absolute atomic E-state index is 12.4. The summed E-state index contributed by atoms with van der Waals surface area (Å²) in [6.45, 7) is 3.12. The van der Waals surface area contributed by atoms with Gasteiger partial charge in [0.25, 0.3) is 5.91 Å².